The van der Waals surface area contributed by atoms with Gasteiger partial charge in [0.1, 0.15) is 11.5 Å². The second-order valence-corrected chi connectivity index (χ2v) is 8.32. The standard InChI is InChI=1S/C21H20ClNO4S/c1-26-19-9-11-21(12-10-19)28(24,25)23(15-16-5-3-6-17(22)13-16)18-7-4-8-20(14-18)27-2/h3-14H,15H2,1-2H3. The summed E-state index contributed by atoms with van der Waals surface area (Å²) < 4.78 is 38.6. The van der Waals surface area contributed by atoms with Crippen molar-refractivity contribution < 1.29 is 17.9 Å². The Morgan fingerprint density at radius 2 is 1.54 bits per heavy atom. The fourth-order valence-corrected chi connectivity index (χ4v) is 4.41. The second-order valence-electron chi connectivity index (χ2n) is 6.02. The molecule has 3 rings (SSSR count). The molecule has 0 N–H and O–H groups in total. The normalized spacial score (nSPS) is 11.1. The first kappa shape index (κ1) is 20.0. The molecule has 146 valence electrons. The van der Waals surface area contributed by atoms with E-state index in [9.17, 15) is 8.42 Å². The highest BCUT2D eigenvalue weighted by Gasteiger charge is 2.26. The largest absolute Gasteiger partial charge is 0.497 e. The Hall–Kier alpha value is -2.70. The predicted molar refractivity (Wildman–Crippen MR) is 111 cm³/mol. The van der Waals surface area contributed by atoms with Crippen molar-refractivity contribution in [1.29, 1.82) is 0 Å². The van der Waals surface area contributed by atoms with Crippen LogP contribution < -0.4 is 13.8 Å². The van der Waals surface area contributed by atoms with Crippen molar-refractivity contribution in [2.45, 2.75) is 11.4 Å². The number of benzene rings is 3. The number of hydrogen-bond acceptors (Lipinski definition) is 4. The molecule has 0 amide bonds. The summed E-state index contributed by atoms with van der Waals surface area (Å²) in [7, 11) is -0.763. The number of rotatable bonds is 7. The maximum absolute atomic E-state index is 13.4. The summed E-state index contributed by atoms with van der Waals surface area (Å²) >= 11 is 6.08. The van der Waals surface area contributed by atoms with E-state index in [1.807, 2.05) is 6.07 Å². The molecule has 0 aliphatic carbocycles. The third kappa shape index (κ3) is 4.40. The summed E-state index contributed by atoms with van der Waals surface area (Å²) in [4.78, 5) is 0.165. The smallest absolute Gasteiger partial charge is 0.264 e. The third-order valence-electron chi connectivity index (χ3n) is 4.20. The molecule has 0 aromatic heterocycles. The molecular formula is C21H20ClNO4S. The van der Waals surface area contributed by atoms with Gasteiger partial charge in [-0.25, -0.2) is 8.42 Å². The van der Waals surface area contributed by atoms with Crippen LogP contribution in [0.15, 0.2) is 77.7 Å². The average Bonchev–Trinajstić information content (AvgIpc) is 2.72. The monoisotopic (exact) mass is 417 g/mol. The van der Waals surface area contributed by atoms with Crippen LogP contribution in [0.5, 0.6) is 11.5 Å². The van der Waals surface area contributed by atoms with E-state index in [-0.39, 0.29) is 11.4 Å². The average molecular weight is 418 g/mol. The van der Waals surface area contributed by atoms with Gasteiger partial charge in [-0.05, 0) is 54.1 Å². The van der Waals surface area contributed by atoms with Crippen molar-refractivity contribution in [2.75, 3.05) is 18.5 Å². The van der Waals surface area contributed by atoms with Crippen LogP contribution in [0.25, 0.3) is 0 Å². The highest BCUT2D eigenvalue weighted by atomic mass is 35.5. The SMILES string of the molecule is COc1ccc(S(=O)(=O)N(Cc2cccc(Cl)c2)c2cccc(OC)c2)cc1. The molecule has 3 aromatic carbocycles. The van der Waals surface area contributed by atoms with Gasteiger partial charge in [-0.15, -0.1) is 0 Å². The molecule has 0 heterocycles. The Kier molecular flexibility index (Phi) is 6.11. The first-order valence-corrected chi connectivity index (χ1v) is 10.3. The minimum atomic E-state index is -3.84. The van der Waals surface area contributed by atoms with Gasteiger partial charge >= 0.3 is 0 Å². The molecule has 5 nitrogen and oxygen atoms in total. The van der Waals surface area contributed by atoms with E-state index in [0.717, 1.165) is 5.56 Å². The van der Waals surface area contributed by atoms with Gasteiger partial charge in [-0.2, -0.15) is 0 Å². The predicted octanol–water partition coefficient (Wildman–Crippen LogP) is 4.75. The van der Waals surface area contributed by atoms with Crippen LogP contribution >= 0.6 is 11.6 Å². The second kappa shape index (κ2) is 8.54. The Morgan fingerprint density at radius 3 is 2.18 bits per heavy atom. The van der Waals surface area contributed by atoms with Gasteiger partial charge in [0, 0.05) is 11.1 Å². The van der Waals surface area contributed by atoms with Gasteiger partial charge in [0.05, 0.1) is 31.3 Å². The minimum absolute atomic E-state index is 0.127. The summed E-state index contributed by atoms with van der Waals surface area (Å²) in [5.41, 5.74) is 1.27. The summed E-state index contributed by atoms with van der Waals surface area (Å²) in [5, 5.41) is 0.546. The van der Waals surface area contributed by atoms with E-state index in [1.165, 1.54) is 23.5 Å². The first-order chi connectivity index (χ1) is 13.4. The lowest BCUT2D eigenvalue weighted by atomic mass is 10.2. The third-order valence-corrected chi connectivity index (χ3v) is 6.23. The van der Waals surface area contributed by atoms with Crippen molar-refractivity contribution in [3.63, 3.8) is 0 Å². The Balaban J connectivity index is 2.08. The molecule has 0 saturated carbocycles. The summed E-state index contributed by atoms with van der Waals surface area (Å²) in [6.07, 6.45) is 0. The van der Waals surface area contributed by atoms with Gasteiger partial charge in [-0.1, -0.05) is 29.8 Å². The van der Waals surface area contributed by atoms with Crippen molar-refractivity contribution in [3.05, 3.63) is 83.4 Å². The highest BCUT2D eigenvalue weighted by molar-refractivity contribution is 7.92. The van der Waals surface area contributed by atoms with E-state index in [4.69, 9.17) is 21.1 Å². The van der Waals surface area contributed by atoms with Gasteiger partial charge < -0.3 is 9.47 Å². The molecule has 7 heteroatoms. The Bertz CT molecular complexity index is 1050. The number of ether oxygens (including phenoxy) is 2. The number of hydrogen-bond donors (Lipinski definition) is 0. The van der Waals surface area contributed by atoms with E-state index in [0.29, 0.717) is 22.2 Å². The number of methoxy groups -OCH3 is 2. The quantitative estimate of drug-likeness (QED) is 0.556. The van der Waals surface area contributed by atoms with Crippen LogP contribution in [-0.2, 0) is 16.6 Å². The van der Waals surface area contributed by atoms with E-state index in [1.54, 1.807) is 61.7 Å². The molecule has 0 spiro atoms. The minimum Gasteiger partial charge on any atom is -0.497 e. The van der Waals surface area contributed by atoms with Crippen LogP contribution in [0.1, 0.15) is 5.56 Å². The lowest BCUT2D eigenvalue weighted by molar-refractivity contribution is 0.414. The molecular weight excluding hydrogens is 398 g/mol. The lowest BCUT2D eigenvalue weighted by Gasteiger charge is -2.25. The van der Waals surface area contributed by atoms with Gasteiger partial charge in [0.2, 0.25) is 0 Å². The molecule has 0 fully saturated rings. The summed E-state index contributed by atoms with van der Waals surface area (Å²) in [6.45, 7) is 0.127. The van der Waals surface area contributed by atoms with Gasteiger partial charge in [-0.3, -0.25) is 4.31 Å². The van der Waals surface area contributed by atoms with Crippen LogP contribution in [0.4, 0.5) is 5.69 Å². The molecule has 0 atom stereocenters. The fourth-order valence-electron chi connectivity index (χ4n) is 2.76. The van der Waals surface area contributed by atoms with Crippen LogP contribution in [0.3, 0.4) is 0 Å². The molecule has 28 heavy (non-hydrogen) atoms. The number of halogens is 1. The molecule has 0 radical (unpaired) electrons. The van der Waals surface area contributed by atoms with Crippen molar-refractivity contribution >= 4 is 27.3 Å². The maximum Gasteiger partial charge on any atom is 0.264 e. The molecule has 0 aliphatic rings. The van der Waals surface area contributed by atoms with Gasteiger partial charge in [0.25, 0.3) is 10.0 Å². The van der Waals surface area contributed by atoms with Crippen molar-refractivity contribution in [2.24, 2.45) is 0 Å². The molecule has 0 saturated heterocycles. The zero-order chi connectivity index (χ0) is 20.1. The van der Waals surface area contributed by atoms with E-state index < -0.39 is 10.0 Å². The summed E-state index contributed by atoms with van der Waals surface area (Å²) in [6, 6.07) is 20.4. The molecule has 0 bridgehead atoms. The summed E-state index contributed by atoms with van der Waals surface area (Å²) in [5.74, 6) is 1.15. The van der Waals surface area contributed by atoms with Crippen LogP contribution in [0, 0.1) is 0 Å². The van der Waals surface area contributed by atoms with Crippen LogP contribution in [-0.4, -0.2) is 22.6 Å². The Labute approximate surface area is 170 Å². The molecule has 3 aromatic rings. The number of sulfonamides is 1. The number of nitrogens with zero attached hydrogens (tertiary/aromatic N) is 1. The van der Waals surface area contributed by atoms with Crippen LogP contribution in [0.2, 0.25) is 5.02 Å². The maximum atomic E-state index is 13.4. The van der Waals surface area contributed by atoms with Crippen molar-refractivity contribution in [1.82, 2.24) is 0 Å². The lowest BCUT2D eigenvalue weighted by Crippen LogP contribution is -2.30. The molecule has 0 aliphatic heterocycles. The first-order valence-electron chi connectivity index (χ1n) is 8.49. The zero-order valence-corrected chi connectivity index (χ0v) is 17.1. The molecule has 0 unspecified atom stereocenters. The number of anilines is 1. The van der Waals surface area contributed by atoms with Gasteiger partial charge in [0.15, 0.2) is 0 Å². The highest BCUT2D eigenvalue weighted by Crippen LogP contribution is 2.30. The van der Waals surface area contributed by atoms with E-state index >= 15 is 0 Å². The topological polar surface area (TPSA) is 55.8 Å². The fraction of sp³-hybridized carbons (Fsp3) is 0.143. The van der Waals surface area contributed by atoms with E-state index in [2.05, 4.69) is 0 Å². The van der Waals surface area contributed by atoms with Crippen molar-refractivity contribution in [3.8, 4) is 11.5 Å². The Morgan fingerprint density at radius 1 is 0.857 bits per heavy atom. The zero-order valence-electron chi connectivity index (χ0n) is 15.5.